The van der Waals surface area contributed by atoms with Crippen molar-refractivity contribution >= 4 is 5.97 Å². The fourth-order valence-corrected chi connectivity index (χ4v) is 2.19. The van der Waals surface area contributed by atoms with Crippen LogP contribution in [0.1, 0.15) is 19.3 Å². The smallest absolute Gasteiger partial charge is 0.329 e. The average molecular weight is 217 g/mol. The van der Waals surface area contributed by atoms with E-state index in [2.05, 4.69) is 0 Å². The predicted molar refractivity (Wildman–Crippen MR) is 49.6 cm³/mol. The standard InChI is InChI=1S/C10H13F2NO2/c11-10(12)7-9(10)2-5-13(6-3-9)4-1-8(14)15/h1,4H,2-3,5-7H2,(H,14,15)/b4-1+. The average Bonchev–Trinajstić information content (AvgIpc) is 2.67. The first kappa shape index (κ1) is 10.4. The van der Waals surface area contributed by atoms with Crippen LogP contribution >= 0.6 is 0 Å². The molecule has 0 amide bonds. The van der Waals surface area contributed by atoms with Crippen LogP contribution in [0.15, 0.2) is 12.3 Å². The van der Waals surface area contributed by atoms with Crippen LogP contribution in [-0.2, 0) is 4.79 Å². The molecular weight excluding hydrogens is 204 g/mol. The molecule has 2 rings (SSSR count). The molecule has 1 saturated carbocycles. The van der Waals surface area contributed by atoms with Gasteiger partial charge in [0.1, 0.15) is 0 Å². The molecular formula is C10H13F2NO2. The number of likely N-dealkylation sites (tertiary alicyclic amines) is 1. The first-order valence-electron chi connectivity index (χ1n) is 4.98. The molecule has 1 aliphatic heterocycles. The molecule has 0 aromatic rings. The number of carbonyl (C=O) groups is 1. The Kier molecular flexibility index (Phi) is 2.20. The van der Waals surface area contributed by atoms with Crippen molar-refractivity contribution in [1.82, 2.24) is 4.90 Å². The minimum Gasteiger partial charge on any atom is -0.478 e. The second kappa shape index (κ2) is 3.18. The van der Waals surface area contributed by atoms with Gasteiger partial charge in [-0.3, -0.25) is 0 Å². The summed E-state index contributed by atoms with van der Waals surface area (Å²) < 4.78 is 26.0. The van der Waals surface area contributed by atoms with E-state index < -0.39 is 17.3 Å². The van der Waals surface area contributed by atoms with E-state index in [9.17, 15) is 13.6 Å². The SMILES string of the molecule is O=C(O)/C=C/N1CCC2(CC1)CC2(F)F. The van der Waals surface area contributed by atoms with E-state index in [0.717, 1.165) is 6.08 Å². The maximum atomic E-state index is 13.0. The van der Waals surface area contributed by atoms with Gasteiger partial charge >= 0.3 is 5.97 Å². The molecule has 2 aliphatic rings. The summed E-state index contributed by atoms with van der Waals surface area (Å²) in [7, 11) is 0. The van der Waals surface area contributed by atoms with E-state index in [-0.39, 0.29) is 6.42 Å². The highest BCUT2D eigenvalue weighted by atomic mass is 19.3. The summed E-state index contributed by atoms with van der Waals surface area (Å²) in [5.74, 6) is -3.48. The first-order valence-corrected chi connectivity index (χ1v) is 4.98. The molecule has 5 heteroatoms. The van der Waals surface area contributed by atoms with Crippen LogP contribution in [0.3, 0.4) is 0 Å². The number of halogens is 2. The van der Waals surface area contributed by atoms with Gasteiger partial charge in [0.2, 0.25) is 0 Å². The molecule has 84 valence electrons. The number of piperidine rings is 1. The lowest BCUT2D eigenvalue weighted by Crippen LogP contribution is -2.33. The van der Waals surface area contributed by atoms with E-state index in [4.69, 9.17) is 5.11 Å². The summed E-state index contributed by atoms with van der Waals surface area (Å²) in [4.78, 5) is 12.0. The maximum Gasteiger partial charge on any atom is 0.329 e. The molecule has 1 heterocycles. The lowest BCUT2D eigenvalue weighted by Gasteiger charge is -2.31. The molecule has 1 saturated heterocycles. The quantitative estimate of drug-likeness (QED) is 0.716. The number of hydrogen-bond acceptors (Lipinski definition) is 2. The van der Waals surface area contributed by atoms with Gasteiger partial charge in [-0.15, -0.1) is 0 Å². The Morgan fingerprint density at radius 1 is 1.33 bits per heavy atom. The zero-order valence-corrected chi connectivity index (χ0v) is 8.25. The van der Waals surface area contributed by atoms with Gasteiger partial charge in [0, 0.05) is 37.2 Å². The number of carboxylic acids is 1. The zero-order chi connectivity index (χ0) is 11.1. The van der Waals surface area contributed by atoms with Crippen molar-refractivity contribution in [3.63, 3.8) is 0 Å². The number of aliphatic carboxylic acids is 1. The Hall–Kier alpha value is -1.13. The van der Waals surface area contributed by atoms with Crippen molar-refractivity contribution < 1.29 is 18.7 Å². The van der Waals surface area contributed by atoms with Crippen LogP contribution in [0, 0.1) is 5.41 Å². The van der Waals surface area contributed by atoms with Gasteiger partial charge in [0.25, 0.3) is 5.92 Å². The monoisotopic (exact) mass is 217 g/mol. The van der Waals surface area contributed by atoms with Crippen LogP contribution in [0.2, 0.25) is 0 Å². The summed E-state index contributed by atoms with van der Waals surface area (Å²) in [6, 6.07) is 0. The van der Waals surface area contributed by atoms with E-state index in [1.165, 1.54) is 6.20 Å². The molecule has 0 atom stereocenters. The predicted octanol–water partition coefficient (Wildman–Crippen LogP) is 1.71. The summed E-state index contributed by atoms with van der Waals surface area (Å²) >= 11 is 0. The van der Waals surface area contributed by atoms with Gasteiger partial charge in [0.05, 0.1) is 0 Å². The third kappa shape index (κ3) is 1.82. The molecule has 0 radical (unpaired) electrons. The van der Waals surface area contributed by atoms with Crippen molar-refractivity contribution in [3.8, 4) is 0 Å². The van der Waals surface area contributed by atoms with Crippen molar-refractivity contribution in [1.29, 1.82) is 0 Å². The van der Waals surface area contributed by atoms with Crippen LogP contribution in [-0.4, -0.2) is 35.0 Å². The number of rotatable bonds is 2. The van der Waals surface area contributed by atoms with Crippen LogP contribution in [0.25, 0.3) is 0 Å². The van der Waals surface area contributed by atoms with Gasteiger partial charge in [-0.1, -0.05) is 0 Å². The molecule has 15 heavy (non-hydrogen) atoms. The summed E-state index contributed by atoms with van der Waals surface area (Å²) in [5, 5.41) is 8.41. The van der Waals surface area contributed by atoms with E-state index >= 15 is 0 Å². The Morgan fingerprint density at radius 3 is 2.27 bits per heavy atom. The highest BCUT2D eigenvalue weighted by Gasteiger charge is 2.70. The van der Waals surface area contributed by atoms with Gasteiger partial charge < -0.3 is 10.0 Å². The Bertz CT molecular complexity index is 307. The number of nitrogens with zero attached hydrogens (tertiary/aromatic N) is 1. The molecule has 0 aromatic carbocycles. The van der Waals surface area contributed by atoms with Gasteiger partial charge in [0.15, 0.2) is 0 Å². The maximum absolute atomic E-state index is 13.0. The first-order chi connectivity index (χ1) is 6.95. The Morgan fingerprint density at radius 2 is 1.87 bits per heavy atom. The lowest BCUT2D eigenvalue weighted by atomic mass is 9.93. The summed E-state index contributed by atoms with van der Waals surface area (Å²) in [6.45, 7) is 1.05. The Labute approximate surface area is 86.4 Å². The van der Waals surface area contributed by atoms with Gasteiger partial charge in [-0.05, 0) is 12.8 Å². The second-order valence-electron chi connectivity index (χ2n) is 4.35. The fourth-order valence-electron chi connectivity index (χ4n) is 2.19. The minimum atomic E-state index is -2.48. The molecule has 1 N–H and O–H groups in total. The summed E-state index contributed by atoms with van der Waals surface area (Å²) in [5.41, 5.74) is -0.763. The van der Waals surface area contributed by atoms with E-state index in [1.807, 2.05) is 0 Å². The van der Waals surface area contributed by atoms with Crippen molar-refractivity contribution in [3.05, 3.63) is 12.3 Å². The second-order valence-corrected chi connectivity index (χ2v) is 4.35. The number of carboxylic acid groups (broad SMARTS) is 1. The third-order valence-electron chi connectivity index (χ3n) is 3.39. The highest BCUT2D eigenvalue weighted by Crippen LogP contribution is 2.65. The largest absolute Gasteiger partial charge is 0.478 e. The van der Waals surface area contributed by atoms with Gasteiger partial charge in [-0.25, -0.2) is 13.6 Å². The molecule has 0 aromatic heterocycles. The third-order valence-corrected chi connectivity index (χ3v) is 3.39. The van der Waals surface area contributed by atoms with Crippen LogP contribution < -0.4 is 0 Å². The lowest BCUT2D eigenvalue weighted by molar-refractivity contribution is -0.131. The molecule has 1 spiro atoms. The van der Waals surface area contributed by atoms with Crippen LogP contribution in [0.5, 0.6) is 0 Å². The molecule has 3 nitrogen and oxygen atoms in total. The van der Waals surface area contributed by atoms with Crippen LogP contribution in [0.4, 0.5) is 8.78 Å². The minimum absolute atomic E-state index is 0.0104. The molecule has 0 bridgehead atoms. The van der Waals surface area contributed by atoms with Crippen molar-refractivity contribution in [2.45, 2.75) is 25.2 Å². The molecule has 2 fully saturated rings. The number of hydrogen-bond donors (Lipinski definition) is 1. The molecule has 1 aliphatic carbocycles. The number of alkyl halides is 2. The van der Waals surface area contributed by atoms with E-state index in [0.29, 0.717) is 25.9 Å². The van der Waals surface area contributed by atoms with Gasteiger partial charge in [-0.2, -0.15) is 0 Å². The summed E-state index contributed by atoms with van der Waals surface area (Å²) in [6.07, 6.45) is 3.45. The zero-order valence-electron chi connectivity index (χ0n) is 8.25. The normalized spacial score (nSPS) is 27.2. The van der Waals surface area contributed by atoms with Crippen molar-refractivity contribution in [2.24, 2.45) is 5.41 Å². The topological polar surface area (TPSA) is 40.5 Å². The Balaban J connectivity index is 1.86. The molecule has 0 unspecified atom stereocenters. The van der Waals surface area contributed by atoms with E-state index in [1.54, 1.807) is 4.90 Å². The van der Waals surface area contributed by atoms with Crippen molar-refractivity contribution in [2.75, 3.05) is 13.1 Å². The fraction of sp³-hybridized carbons (Fsp3) is 0.700. The highest BCUT2D eigenvalue weighted by molar-refractivity contribution is 5.79.